The zero-order valence-corrected chi connectivity index (χ0v) is 16.6. The summed E-state index contributed by atoms with van der Waals surface area (Å²) >= 11 is 0. The minimum atomic E-state index is -4.79. The highest BCUT2D eigenvalue weighted by Gasteiger charge is 2.59. The van der Waals surface area contributed by atoms with Gasteiger partial charge in [-0.3, -0.25) is 14.8 Å². The van der Waals surface area contributed by atoms with Crippen LogP contribution in [0.3, 0.4) is 0 Å². The smallest absolute Gasteiger partial charge is 0.385 e. The van der Waals surface area contributed by atoms with Crippen molar-refractivity contribution in [1.29, 1.82) is 5.26 Å². The molecule has 2 heterocycles. The second kappa shape index (κ2) is 7.74. The molecular weight excluding hydrogens is 416 g/mol. The van der Waals surface area contributed by atoms with Crippen molar-refractivity contribution in [2.24, 2.45) is 10.7 Å². The Balaban J connectivity index is 1.91. The zero-order chi connectivity index (χ0) is 23.0. The number of ether oxygens (including phenoxy) is 1. The minimum absolute atomic E-state index is 0.0437. The van der Waals surface area contributed by atoms with E-state index in [1.807, 2.05) is 6.07 Å². The lowest BCUT2D eigenvalue weighted by Gasteiger charge is -2.41. The highest BCUT2D eigenvalue weighted by atomic mass is 19.4. The Morgan fingerprint density at radius 2 is 2.00 bits per heavy atom. The maximum atomic E-state index is 14.6. The number of hydrogen-bond acceptors (Lipinski definition) is 6. The predicted molar refractivity (Wildman–Crippen MR) is 103 cm³/mol. The van der Waals surface area contributed by atoms with Crippen LogP contribution in [0, 0.1) is 17.1 Å². The van der Waals surface area contributed by atoms with E-state index in [0.717, 1.165) is 13.0 Å². The van der Waals surface area contributed by atoms with Gasteiger partial charge in [0, 0.05) is 18.2 Å². The lowest BCUT2D eigenvalue weighted by atomic mass is 9.88. The van der Waals surface area contributed by atoms with Crippen LogP contribution in [0.2, 0.25) is 0 Å². The average Bonchev–Trinajstić information content (AvgIpc) is 2.71. The van der Waals surface area contributed by atoms with Gasteiger partial charge in [0.2, 0.25) is 5.60 Å². The topological polar surface area (TPSA) is 101 Å². The van der Waals surface area contributed by atoms with Crippen LogP contribution in [0.25, 0.3) is 0 Å². The van der Waals surface area contributed by atoms with Gasteiger partial charge in [0.05, 0.1) is 12.2 Å². The number of nitriles is 1. The molecule has 0 unspecified atom stereocenters. The van der Waals surface area contributed by atoms with E-state index in [1.54, 1.807) is 0 Å². The van der Waals surface area contributed by atoms with Gasteiger partial charge in [-0.25, -0.2) is 4.39 Å². The summed E-state index contributed by atoms with van der Waals surface area (Å²) in [5.41, 5.74) is 2.09. The summed E-state index contributed by atoms with van der Waals surface area (Å²) in [6, 6.07) is 8.61. The molecule has 6 nitrogen and oxygen atoms in total. The first-order valence-electron chi connectivity index (χ1n) is 9.14. The van der Waals surface area contributed by atoms with Crippen molar-refractivity contribution in [3.8, 4) is 6.07 Å². The Bertz CT molecular complexity index is 1090. The Hall–Kier alpha value is -3.32. The van der Waals surface area contributed by atoms with Crippen molar-refractivity contribution in [2.45, 2.75) is 37.6 Å². The van der Waals surface area contributed by atoms with Gasteiger partial charge in [-0.15, -0.1) is 0 Å². The van der Waals surface area contributed by atoms with Crippen molar-refractivity contribution in [3.63, 3.8) is 0 Å². The predicted octanol–water partition coefficient (Wildman–Crippen LogP) is 3.44. The number of carbonyl (C=O) groups is 1. The molecule has 0 saturated heterocycles. The number of nitrogens with zero attached hydrogens (tertiary/aromatic N) is 3. The maximum absolute atomic E-state index is 14.6. The Kier molecular flexibility index (Phi) is 5.58. The molecule has 1 aliphatic rings. The zero-order valence-electron chi connectivity index (χ0n) is 16.6. The first kappa shape index (κ1) is 22.4. The van der Waals surface area contributed by atoms with Crippen molar-refractivity contribution in [2.75, 3.05) is 6.61 Å². The first-order valence-corrected chi connectivity index (χ1v) is 9.14. The molecule has 3 rings (SSSR count). The molecule has 2 aromatic rings. The van der Waals surface area contributed by atoms with E-state index in [0.29, 0.717) is 11.1 Å². The molecule has 162 valence electrons. The van der Waals surface area contributed by atoms with Crippen LogP contribution < -0.4 is 5.73 Å². The molecule has 0 radical (unpaired) electrons. The number of ketones is 1. The average molecular weight is 434 g/mol. The largest absolute Gasteiger partial charge is 0.424 e. The standard InChI is InChI=1S/C21H18F4N4O2/c1-19(11-31-20(2,18(27)29-19)21(23,24)25)14-7-12(3-5-15(14)22)8-17(30)16-6-4-13(9-26)10-28-16/h3-7,10H,8,11H2,1-2H3,(H2,27,29)/t19-,20+/m0/s1. The van der Waals surface area contributed by atoms with E-state index in [1.165, 1.54) is 37.4 Å². The lowest BCUT2D eigenvalue weighted by Crippen LogP contribution is -2.60. The van der Waals surface area contributed by atoms with E-state index in [2.05, 4.69) is 9.98 Å². The number of amidine groups is 1. The van der Waals surface area contributed by atoms with E-state index in [-0.39, 0.29) is 23.5 Å². The third-order valence-corrected chi connectivity index (χ3v) is 5.19. The van der Waals surface area contributed by atoms with Gasteiger partial charge in [-0.05, 0) is 43.7 Å². The fourth-order valence-corrected chi connectivity index (χ4v) is 3.12. The fourth-order valence-electron chi connectivity index (χ4n) is 3.12. The summed E-state index contributed by atoms with van der Waals surface area (Å²) in [4.78, 5) is 20.3. The van der Waals surface area contributed by atoms with E-state index >= 15 is 0 Å². The fraction of sp³-hybridized carbons (Fsp3) is 0.333. The third kappa shape index (κ3) is 4.14. The number of alkyl halides is 3. The summed E-state index contributed by atoms with van der Waals surface area (Å²) in [5.74, 6) is -1.90. The number of nitrogens with two attached hydrogens (primary N) is 1. The van der Waals surface area contributed by atoms with E-state index in [9.17, 15) is 22.4 Å². The van der Waals surface area contributed by atoms with Crippen LogP contribution in [-0.4, -0.2) is 35.0 Å². The number of aromatic nitrogens is 1. The molecule has 2 N–H and O–H groups in total. The Morgan fingerprint density at radius 1 is 1.29 bits per heavy atom. The first-order chi connectivity index (χ1) is 14.4. The number of rotatable bonds is 4. The summed E-state index contributed by atoms with van der Waals surface area (Å²) in [6.07, 6.45) is -3.66. The van der Waals surface area contributed by atoms with Gasteiger partial charge in [-0.1, -0.05) is 6.07 Å². The van der Waals surface area contributed by atoms with Gasteiger partial charge < -0.3 is 10.5 Å². The molecule has 0 bridgehead atoms. The summed E-state index contributed by atoms with van der Waals surface area (Å²) in [6.45, 7) is 1.61. The molecule has 1 aromatic carbocycles. The van der Waals surface area contributed by atoms with E-state index < -0.39 is 35.6 Å². The monoisotopic (exact) mass is 434 g/mol. The number of hydrogen-bond donors (Lipinski definition) is 1. The molecule has 0 fully saturated rings. The van der Waals surface area contributed by atoms with Crippen LogP contribution in [-0.2, 0) is 16.7 Å². The van der Waals surface area contributed by atoms with Gasteiger partial charge in [0.15, 0.2) is 5.78 Å². The molecular formula is C21H18F4N4O2. The van der Waals surface area contributed by atoms with Crippen LogP contribution in [0.5, 0.6) is 0 Å². The molecule has 1 aromatic heterocycles. The summed E-state index contributed by atoms with van der Waals surface area (Å²) < 4.78 is 59.5. The van der Waals surface area contributed by atoms with E-state index in [4.69, 9.17) is 15.7 Å². The molecule has 10 heteroatoms. The molecule has 2 atom stereocenters. The molecule has 0 amide bonds. The van der Waals surface area contributed by atoms with Crippen molar-refractivity contribution in [1.82, 2.24) is 4.98 Å². The molecule has 1 aliphatic heterocycles. The van der Waals surface area contributed by atoms with Crippen LogP contribution in [0.1, 0.15) is 41.0 Å². The Labute approximate surface area is 175 Å². The van der Waals surface area contributed by atoms with Crippen molar-refractivity contribution in [3.05, 3.63) is 64.7 Å². The summed E-state index contributed by atoms with van der Waals surface area (Å²) in [5, 5.41) is 8.80. The number of Topliss-reactive ketones (excluding diaryl/α,β-unsaturated/α-hetero) is 1. The quantitative estimate of drug-likeness (QED) is 0.587. The van der Waals surface area contributed by atoms with Gasteiger partial charge in [0.1, 0.15) is 29.0 Å². The second-order valence-corrected chi connectivity index (χ2v) is 7.55. The van der Waals surface area contributed by atoms with Gasteiger partial charge in [-0.2, -0.15) is 18.4 Å². The number of aliphatic imine (C=N–C) groups is 1. The number of pyridine rings is 1. The SMILES string of the molecule is C[C@@]1(c2cc(CC(=O)c3ccc(C#N)cn3)ccc2F)CO[C@@](C)(C(F)(F)F)C(N)=N1. The van der Waals surface area contributed by atoms with Crippen molar-refractivity contribution >= 4 is 11.6 Å². The lowest BCUT2D eigenvalue weighted by molar-refractivity contribution is -0.249. The van der Waals surface area contributed by atoms with Gasteiger partial charge in [0.25, 0.3) is 0 Å². The maximum Gasteiger partial charge on any atom is 0.424 e. The second-order valence-electron chi connectivity index (χ2n) is 7.55. The number of halogens is 4. The van der Waals surface area contributed by atoms with Crippen LogP contribution in [0.15, 0.2) is 41.5 Å². The number of carbonyl (C=O) groups excluding carboxylic acids is 1. The number of benzene rings is 1. The normalized spacial score (nSPS) is 23.7. The summed E-state index contributed by atoms with van der Waals surface area (Å²) in [7, 11) is 0. The molecule has 31 heavy (non-hydrogen) atoms. The van der Waals surface area contributed by atoms with Crippen molar-refractivity contribution < 1.29 is 27.1 Å². The minimum Gasteiger partial charge on any atom is -0.385 e. The Morgan fingerprint density at radius 3 is 2.55 bits per heavy atom. The molecule has 0 spiro atoms. The van der Waals surface area contributed by atoms with Crippen LogP contribution >= 0.6 is 0 Å². The van der Waals surface area contributed by atoms with Crippen LogP contribution in [0.4, 0.5) is 17.6 Å². The third-order valence-electron chi connectivity index (χ3n) is 5.19. The molecule has 0 aliphatic carbocycles. The molecule has 0 saturated carbocycles. The highest BCUT2D eigenvalue weighted by molar-refractivity contribution is 5.95. The van der Waals surface area contributed by atoms with Gasteiger partial charge >= 0.3 is 6.18 Å². The highest BCUT2D eigenvalue weighted by Crippen LogP contribution is 2.41.